The van der Waals surface area contributed by atoms with Gasteiger partial charge in [-0.3, -0.25) is 0 Å². The minimum absolute atomic E-state index is 0.652. The minimum atomic E-state index is 0.652. The van der Waals surface area contributed by atoms with Crippen molar-refractivity contribution in [2.45, 2.75) is 12.3 Å². The number of rotatable bonds is 3. The molecule has 1 aromatic rings. The molecule has 1 N–H and O–H groups in total. The molecule has 76 valence electrons. The van der Waals surface area contributed by atoms with Crippen LogP contribution in [0.3, 0.4) is 0 Å². The molecule has 2 unspecified atom stereocenters. The van der Waals surface area contributed by atoms with Crippen molar-refractivity contribution >= 4 is 23.2 Å². The summed E-state index contributed by atoms with van der Waals surface area (Å²) in [5.41, 5.74) is 1.28. The highest BCUT2D eigenvalue weighted by Crippen LogP contribution is 2.47. The maximum atomic E-state index is 5.95. The van der Waals surface area contributed by atoms with E-state index in [1.54, 1.807) is 6.07 Å². The SMILES string of the molecule is CNCC1CC1c1cc(Cl)cc(Cl)c1. The van der Waals surface area contributed by atoms with Gasteiger partial charge in [-0.05, 0) is 55.6 Å². The van der Waals surface area contributed by atoms with Crippen molar-refractivity contribution < 1.29 is 0 Å². The molecule has 2 rings (SSSR count). The zero-order valence-electron chi connectivity index (χ0n) is 8.06. The van der Waals surface area contributed by atoms with Gasteiger partial charge in [0.25, 0.3) is 0 Å². The first kappa shape index (κ1) is 10.3. The van der Waals surface area contributed by atoms with E-state index in [2.05, 4.69) is 5.32 Å². The third kappa shape index (κ3) is 2.22. The fraction of sp³-hybridized carbons (Fsp3) is 0.455. The lowest BCUT2D eigenvalue weighted by Gasteiger charge is -2.02. The molecule has 0 heterocycles. The number of halogens is 2. The van der Waals surface area contributed by atoms with Crippen LogP contribution in [0.25, 0.3) is 0 Å². The van der Waals surface area contributed by atoms with Gasteiger partial charge in [-0.15, -0.1) is 0 Å². The second-order valence-electron chi connectivity index (χ2n) is 3.86. The summed E-state index contributed by atoms with van der Waals surface area (Å²) in [7, 11) is 1.99. The summed E-state index contributed by atoms with van der Waals surface area (Å²) in [6.45, 7) is 1.08. The van der Waals surface area contributed by atoms with Crippen molar-refractivity contribution in [2.75, 3.05) is 13.6 Å². The van der Waals surface area contributed by atoms with Crippen LogP contribution in [0, 0.1) is 5.92 Å². The highest BCUT2D eigenvalue weighted by molar-refractivity contribution is 6.34. The molecule has 1 nitrogen and oxygen atoms in total. The van der Waals surface area contributed by atoms with Crippen molar-refractivity contribution in [3.8, 4) is 0 Å². The van der Waals surface area contributed by atoms with Crippen molar-refractivity contribution in [1.82, 2.24) is 5.32 Å². The van der Waals surface area contributed by atoms with Gasteiger partial charge in [-0.2, -0.15) is 0 Å². The average Bonchev–Trinajstić information content (AvgIpc) is 2.82. The zero-order valence-corrected chi connectivity index (χ0v) is 9.57. The fourth-order valence-corrected chi connectivity index (χ4v) is 2.48. The Hall–Kier alpha value is -0.240. The number of hydrogen-bond acceptors (Lipinski definition) is 1. The molecule has 1 saturated carbocycles. The molecule has 0 bridgehead atoms. The van der Waals surface area contributed by atoms with Crippen molar-refractivity contribution in [3.63, 3.8) is 0 Å². The van der Waals surface area contributed by atoms with E-state index in [0.717, 1.165) is 22.5 Å². The molecule has 14 heavy (non-hydrogen) atoms. The molecule has 1 fully saturated rings. The van der Waals surface area contributed by atoms with Crippen LogP contribution in [0.4, 0.5) is 0 Å². The van der Waals surface area contributed by atoms with Gasteiger partial charge < -0.3 is 5.32 Å². The maximum absolute atomic E-state index is 5.95. The number of hydrogen-bond donors (Lipinski definition) is 1. The van der Waals surface area contributed by atoms with Gasteiger partial charge in [-0.1, -0.05) is 23.2 Å². The van der Waals surface area contributed by atoms with Crippen LogP contribution in [0.1, 0.15) is 17.9 Å². The molecule has 1 aliphatic carbocycles. The topological polar surface area (TPSA) is 12.0 Å². The summed E-state index contributed by atoms with van der Waals surface area (Å²) in [5, 5.41) is 4.67. The molecule has 0 aromatic heterocycles. The molecule has 2 atom stereocenters. The first-order chi connectivity index (χ1) is 6.70. The molecule has 1 aromatic carbocycles. The molecule has 0 amide bonds. The van der Waals surface area contributed by atoms with E-state index in [0.29, 0.717) is 5.92 Å². The van der Waals surface area contributed by atoms with Crippen molar-refractivity contribution in [3.05, 3.63) is 33.8 Å². The van der Waals surface area contributed by atoms with Gasteiger partial charge in [0.05, 0.1) is 0 Å². The predicted octanol–water partition coefficient (Wildman–Crippen LogP) is 3.32. The van der Waals surface area contributed by atoms with Gasteiger partial charge in [0.15, 0.2) is 0 Å². The Morgan fingerprint density at radius 3 is 2.50 bits per heavy atom. The van der Waals surface area contributed by atoms with Crippen LogP contribution < -0.4 is 5.32 Å². The van der Waals surface area contributed by atoms with Crippen LogP contribution in [0.2, 0.25) is 10.0 Å². The third-order valence-corrected chi connectivity index (χ3v) is 3.14. The van der Waals surface area contributed by atoms with E-state index in [1.165, 1.54) is 12.0 Å². The van der Waals surface area contributed by atoms with Crippen LogP contribution in [0.5, 0.6) is 0 Å². The number of nitrogens with one attached hydrogen (secondary N) is 1. The third-order valence-electron chi connectivity index (χ3n) is 2.70. The van der Waals surface area contributed by atoms with E-state index in [-0.39, 0.29) is 0 Å². The second-order valence-corrected chi connectivity index (χ2v) is 4.74. The molecular weight excluding hydrogens is 217 g/mol. The lowest BCUT2D eigenvalue weighted by molar-refractivity contribution is 0.698. The molecular formula is C11H13Cl2N. The van der Waals surface area contributed by atoms with E-state index in [4.69, 9.17) is 23.2 Å². The Morgan fingerprint density at radius 2 is 1.93 bits per heavy atom. The molecule has 0 radical (unpaired) electrons. The van der Waals surface area contributed by atoms with E-state index < -0.39 is 0 Å². The lowest BCUT2D eigenvalue weighted by atomic mass is 10.1. The normalized spacial score (nSPS) is 25.1. The Kier molecular flexibility index (Phi) is 3.01. The van der Waals surface area contributed by atoms with E-state index >= 15 is 0 Å². The van der Waals surface area contributed by atoms with E-state index in [1.807, 2.05) is 19.2 Å². The fourth-order valence-electron chi connectivity index (χ4n) is 1.93. The summed E-state index contributed by atoms with van der Waals surface area (Å²) < 4.78 is 0. The smallest absolute Gasteiger partial charge is 0.0423 e. The standard InChI is InChI=1S/C11H13Cl2N/c1-14-6-8-4-11(8)7-2-9(12)5-10(13)3-7/h2-3,5,8,11,14H,4,6H2,1H3. The molecule has 0 spiro atoms. The molecule has 0 saturated heterocycles. The highest BCUT2D eigenvalue weighted by atomic mass is 35.5. The Labute approximate surface area is 94.4 Å². The average molecular weight is 230 g/mol. The lowest BCUT2D eigenvalue weighted by Crippen LogP contribution is -2.10. The van der Waals surface area contributed by atoms with Gasteiger partial charge in [0.2, 0.25) is 0 Å². The monoisotopic (exact) mass is 229 g/mol. The quantitative estimate of drug-likeness (QED) is 0.839. The van der Waals surface area contributed by atoms with Crippen LogP contribution >= 0.6 is 23.2 Å². The highest BCUT2D eigenvalue weighted by Gasteiger charge is 2.37. The van der Waals surface area contributed by atoms with Crippen molar-refractivity contribution in [1.29, 1.82) is 0 Å². The maximum Gasteiger partial charge on any atom is 0.0423 e. The predicted molar refractivity (Wildman–Crippen MR) is 61.2 cm³/mol. The van der Waals surface area contributed by atoms with Gasteiger partial charge in [0.1, 0.15) is 0 Å². The number of benzene rings is 1. The van der Waals surface area contributed by atoms with Gasteiger partial charge in [0, 0.05) is 10.0 Å². The second kappa shape index (κ2) is 4.09. The van der Waals surface area contributed by atoms with Gasteiger partial charge >= 0.3 is 0 Å². The zero-order chi connectivity index (χ0) is 10.1. The minimum Gasteiger partial charge on any atom is -0.319 e. The molecule has 3 heteroatoms. The summed E-state index contributed by atoms with van der Waals surface area (Å²) in [5.74, 6) is 1.41. The van der Waals surface area contributed by atoms with Crippen molar-refractivity contribution in [2.24, 2.45) is 5.92 Å². The van der Waals surface area contributed by atoms with Gasteiger partial charge in [-0.25, -0.2) is 0 Å². The van der Waals surface area contributed by atoms with Crippen LogP contribution in [-0.2, 0) is 0 Å². The summed E-state index contributed by atoms with van der Waals surface area (Å²) >= 11 is 11.9. The Balaban J connectivity index is 2.11. The first-order valence-corrected chi connectivity index (χ1v) is 5.57. The molecule has 0 aliphatic heterocycles. The summed E-state index contributed by atoms with van der Waals surface area (Å²) in [6, 6.07) is 5.82. The Bertz CT molecular complexity index is 318. The van der Waals surface area contributed by atoms with Crippen LogP contribution in [0.15, 0.2) is 18.2 Å². The molecule has 1 aliphatic rings. The first-order valence-electron chi connectivity index (χ1n) is 4.81. The van der Waals surface area contributed by atoms with E-state index in [9.17, 15) is 0 Å². The summed E-state index contributed by atoms with van der Waals surface area (Å²) in [6.07, 6.45) is 1.25. The summed E-state index contributed by atoms with van der Waals surface area (Å²) in [4.78, 5) is 0. The largest absolute Gasteiger partial charge is 0.319 e. The van der Waals surface area contributed by atoms with Crippen LogP contribution in [-0.4, -0.2) is 13.6 Å². The Morgan fingerprint density at radius 1 is 1.29 bits per heavy atom.